The first-order chi connectivity index (χ1) is 15.9. The van der Waals surface area contributed by atoms with E-state index in [2.05, 4.69) is 15.5 Å². The Labute approximate surface area is 194 Å². The normalized spacial score (nSPS) is 10.8. The summed E-state index contributed by atoms with van der Waals surface area (Å²) in [6.45, 7) is 3.39. The second kappa shape index (κ2) is 9.30. The molecule has 1 amide bonds. The van der Waals surface area contributed by atoms with Gasteiger partial charge in [0.05, 0.1) is 7.11 Å². The summed E-state index contributed by atoms with van der Waals surface area (Å²) < 4.78 is 11.9. The van der Waals surface area contributed by atoms with Crippen molar-refractivity contribution in [2.75, 3.05) is 12.4 Å². The predicted octanol–water partition coefficient (Wildman–Crippen LogP) is 4.48. The maximum absolute atomic E-state index is 13.3. The summed E-state index contributed by atoms with van der Waals surface area (Å²) in [7, 11) is 1.57. The van der Waals surface area contributed by atoms with Gasteiger partial charge in [0.2, 0.25) is 11.7 Å². The Morgan fingerprint density at radius 2 is 1.91 bits per heavy atom. The lowest BCUT2D eigenvalue weighted by Crippen LogP contribution is -2.30. The first-order valence-electron chi connectivity index (χ1n) is 10.1. The second-order valence-corrected chi connectivity index (χ2v) is 7.88. The Morgan fingerprint density at radius 3 is 2.61 bits per heavy atom. The highest BCUT2D eigenvalue weighted by Crippen LogP contribution is 2.24. The van der Waals surface area contributed by atoms with E-state index in [1.54, 1.807) is 75.6 Å². The molecule has 4 rings (SSSR count). The quantitative estimate of drug-likeness (QED) is 0.451. The molecule has 0 saturated heterocycles. The standard InChI is InChI=1S/C24H21ClN4O4/c1-14-11-15(2)29(13-20(30)26-18-7-9-19(32-3)10-8-18)24(31)21(14)23-27-22(28-33-23)16-5-4-6-17(25)12-16/h4-12H,13H2,1-3H3,(H,26,30). The summed E-state index contributed by atoms with van der Waals surface area (Å²) in [5, 5.41) is 7.31. The number of pyridine rings is 1. The van der Waals surface area contributed by atoms with Crippen molar-refractivity contribution in [2.45, 2.75) is 20.4 Å². The second-order valence-electron chi connectivity index (χ2n) is 7.45. The van der Waals surface area contributed by atoms with Crippen LogP contribution < -0.4 is 15.6 Å². The third-order valence-corrected chi connectivity index (χ3v) is 5.34. The Balaban J connectivity index is 1.62. The number of amides is 1. The number of anilines is 1. The molecular formula is C24H21ClN4O4. The van der Waals surface area contributed by atoms with Gasteiger partial charge in [-0.25, -0.2) is 0 Å². The van der Waals surface area contributed by atoms with Crippen LogP contribution in [-0.4, -0.2) is 27.7 Å². The van der Waals surface area contributed by atoms with Crippen LogP contribution >= 0.6 is 11.6 Å². The lowest BCUT2D eigenvalue weighted by molar-refractivity contribution is -0.116. The van der Waals surface area contributed by atoms with Crippen LogP contribution in [0.1, 0.15) is 11.3 Å². The van der Waals surface area contributed by atoms with Gasteiger partial charge in [0.1, 0.15) is 17.9 Å². The number of hydrogen-bond donors (Lipinski definition) is 1. The lowest BCUT2D eigenvalue weighted by atomic mass is 10.1. The molecular weight excluding hydrogens is 444 g/mol. The molecule has 2 aromatic carbocycles. The average Bonchev–Trinajstić information content (AvgIpc) is 3.27. The summed E-state index contributed by atoms with van der Waals surface area (Å²) in [6, 6.07) is 15.8. The van der Waals surface area contributed by atoms with Gasteiger partial charge in [0.25, 0.3) is 11.4 Å². The van der Waals surface area contributed by atoms with E-state index in [1.165, 1.54) is 4.57 Å². The van der Waals surface area contributed by atoms with Gasteiger partial charge in [-0.3, -0.25) is 9.59 Å². The van der Waals surface area contributed by atoms with Crippen LogP contribution in [0.5, 0.6) is 5.75 Å². The van der Waals surface area contributed by atoms with E-state index in [9.17, 15) is 9.59 Å². The molecule has 0 aliphatic carbocycles. The lowest BCUT2D eigenvalue weighted by Gasteiger charge is -2.13. The highest BCUT2D eigenvalue weighted by Gasteiger charge is 2.20. The summed E-state index contributed by atoms with van der Waals surface area (Å²) in [5.74, 6) is 0.734. The molecule has 0 saturated carbocycles. The number of carbonyl (C=O) groups excluding carboxylic acids is 1. The minimum atomic E-state index is -0.390. The zero-order chi connectivity index (χ0) is 23.5. The summed E-state index contributed by atoms with van der Waals surface area (Å²) in [4.78, 5) is 30.3. The van der Waals surface area contributed by atoms with Gasteiger partial charge in [-0.15, -0.1) is 0 Å². The third-order valence-electron chi connectivity index (χ3n) is 5.10. The van der Waals surface area contributed by atoms with Crippen LogP contribution in [0.3, 0.4) is 0 Å². The first-order valence-corrected chi connectivity index (χ1v) is 10.5. The van der Waals surface area contributed by atoms with Crippen LogP contribution in [0, 0.1) is 13.8 Å². The number of carbonyl (C=O) groups is 1. The molecule has 168 valence electrons. The number of aromatic nitrogens is 3. The van der Waals surface area contributed by atoms with Crippen molar-refractivity contribution >= 4 is 23.2 Å². The molecule has 0 spiro atoms. The van der Waals surface area contributed by atoms with Crippen molar-refractivity contribution in [3.63, 3.8) is 0 Å². The van der Waals surface area contributed by atoms with Crippen molar-refractivity contribution < 1.29 is 14.1 Å². The average molecular weight is 465 g/mol. The van der Waals surface area contributed by atoms with Gasteiger partial charge >= 0.3 is 0 Å². The first kappa shape index (κ1) is 22.3. The number of methoxy groups -OCH3 is 1. The Morgan fingerprint density at radius 1 is 1.15 bits per heavy atom. The highest BCUT2D eigenvalue weighted by atomic mass is 35.5. The topological polar surface area (TPSA) is 99.2 Å². The molecule has 4 aromatic rings. The molecule has 2 aromatic heterocycles. The van der Waals surface area contributed by atoms with E-state index in [1.807, 2.05) is 0 Å². The monoisotopic (exact) mass is 464 g/mol. The SMILES string of the molecule is COc1ccc(NC(=O)Cn2c(C)cc(C)c(-c3nc(-c4cccc(Cl)c4)no3)c2=O)cc1. The number of halogens is 1. The smallest absolute Gasteiger partial charge is 0.264 e. The summed E-state index contributed by atoms with van der Waals surface area (Å²) in [6.07, 6.45) is 0. The van der Waals surface area contributed by atoms with Gasteiger partial charge in [-0.05, 0) is 61.9 Å². The molecule has 0 bridgehead atoms. The minimum Gasteiger partial charge on any atom is -0.497 e. The molecule has 0 fully saturated rings. The zero-order valence-electron chi connectivity index (χ0n) is 18.3. The summed E-state index contributed by atoms with van der Waals surface area (Å²) >= 11 is 6.05. The molecule has 2 heterocycles. The minimum absolute atomic E-state index is 0.0804. The molecule has 8 nitrogen and oxygen atoms in total. The van der Waals surface area contributed by atoms with Gasteiger partial charge < -0.3 is 19.1 Å². The zero-order valence-corrected chi connectivity index (χ0v) is 19.0. The number of ether oxygens (including phenoxy) is 1. The fourth-order valence-corrected chi connectivity index (χ4v) is 3.66. The molecule has 0 atom stereocenters. The fraction of sp³-hybridized carbons (Fsp3) is 0.167. The number of aryl methyl sites for hydroxylation is 2. The molecule has 0 aliphatic rings. The van der Waals surface area contributed by atoms with Gasteiger partial charge in [0.15, 0.2) is 0 Å². The van der Waals surface area contributed by atoms with E-state index in [4.69, 9.17) is 20.9 Å². The van der Waals surface area contributed by atoms with Gasteiger partial charge in [0, 0.05) is 22.0 Å². The highest BCUT2D eigenvalue weighted by molar-refractivity contribution is 6.30. The molecule has 0 unspecified atom stereocenters. The van der Waals surface area contributed by atoms with Crippen molar-refractivity contribution in [3.8, 4) is 28.6 Å². The maximum Gasteiger partial charge on any atom is 0.264 e. The van der Waals surface area contributed by atoms with Crippen molar-refractivity contribution in [3.05, 3.63) is 81.2 Å². The fourth-order valence-electron chi connectivity index (χ4n) is 3.47. The molecule has 0 radical (unpaired) electrons. The van der Waals surface area contributed by atoms with Crippen LogP contribution in [0.15, 0.2) is 63.9 Å². The Bertz CT molecular complexity index is 1380. The van der Waals surface area contributed by atoms with E-state index in [0.717, 1.165) is 0 Å². The Hall–Kier alpha value is -3.91. The maximum atomic E-state index is 13.3. The van der Waals surface area contributed by atoms with E-state index >= 15 is 0 Å². The molecule has 1 N–H and O–H groups in total. The number of benzene rings is 2. The van der Waals surface area contributed by atoms with Crippen LogP contribution in [0.4, 0.5) is 5.69 Å². The van der Waals surface area contributed by atoms with E-state index in [0.29, 0.717) is 39.1 Å². The van der Waals surface area contributed by atoms with E-state index < -0.39 is 5.56 Å². The largest absolute Gasteiger partial charge is 0.497 e. The number of nitrogens with zero attached hydrogens (tertiary/aromatic N) is 3. The van der Waals surface area contributed by atoms with E-state index in [-0.39, 0.29) is 23.9 Å². The summed E-state index contributed by atoms with van der Waals surface area (Å²) in [5.41, 5.74) is 2.44. The third kappa shape index (κ3) is 4.80. The van der Waals surface area contributed by atoms with Crippen LogP contribution in [-0.2, 0) is 11.3 Å². The molecule has 9 heteroatoms. The van der Waals surface area contributed by atoms with Crippen molar-refractivity contribution in [1.82, 2.24) is 14.7 Å². The molecule has 0 aliphatic heterocycles. The number of rotatable bonds is 6. The number of hydrogen-bond acceptors (Lipinski definition) is 6. The van der Waals surface area contributed by atoms with Gasteiger partial charge in [-0.1, -0.05) is 28.9 Å². The predicted molar refractivity (Wildman–Crippen MR) is 126 cm³/mol. The molecule has 33 heavy (non-hydrogen) atoms. The number of nitrogens with one attached hydrogen (secondary N) is 1. The van der Waals surface area contributed by atoms with Crippen molar-refractivity contribution in [2.24, 2.45) is 0 Å². The van der Waals surface area contributed by atoms with Gasteiger partial charge in [-0.2, -0.15) is 4.98 Å². The Kier molecular flexibility index (Phi) is 6.28. The van der Waals surface area contributed by atoms with Crippen LogP contribution in [0.2, 0.25) is 5.02 Å². The van der Waals surface area contributed by atoms with Crippen molar-refractivity contribution in [1.29, 1.82) is 0 Å². The van der Waals surface area contributed by atoms with Crippen LogP contribution in [0.25, 0.3) is 22.8 Å².